The first kappa shape index (κ1) is 15.1. The van der Waals surface area contributed by atoms with Crippen molar-refractivity contribution >= 4 is 33.2 Å². The molecule has 0 aliphatic rings. The zero-order valence-corrected chi connectivity index (χ0v) is 13.7. The number of benzene rings is 1. The van der Waals surface area contributed by atoms with Crippen molar-refractivity contribution in [2.24, 2.45) is 0 Å². The van der Waals surface area contributed by atoms with E-state index < -0.39 is 11.7 Å². The topological polar surface area (TPSA) is 42.0 Å². The minimum absolute atomic E-state index is 0.0261. The average Bonchev–Trinajstić information content (AvgIpc) is 2.68. The molecule has 0 aliphatic carbocycles. The smallest absolute Gasteiger partial charge is 0.255 e. The Hall–Kier alpha value is -1.27. The van der Waals surface area contributed by atoms with E-state index in [2.05, 4.69) is 26.2 Å². The Morgan fingerprint density at radius 3 is 2.70 bits per heavy atom. The van der Waals surface area contributed by atoms with Crippen LogP contribution in [0.2, 0.25) is 0 Å². The summed E-state index contributed by atoms with van der Waals surface area (Å²) in [5.74, 6) is -0.978. The Morgan fingerprint density at radius 2 is 2.15 bits per heavy atom. The van der Waals surface area contributed by atoms with Crippen LogP contribution in [0.5, 0.6) is 0 Å². The quantitative estimate of drug-likeness (QED) is 0.897. The summed E-state index contributed by atoms with van der Waals surface area (Å²) < 4.78 is 14.2. The molecule has 1 aromatic heterocycles. The Balaban J connectivity index is 2.22. The number of carbonyl (C=O) groups is 1. The molecular formula is C14H14BrFN2OS. The highest BCUT2D eigenvalue weighted by atomic mass is 79.9. The van der Waals surface area contributed by atoms with Gasteiger partial charge in [0.1, 0.15) is 5.82 Å². The lowest BCUT2D eigenvalue weighted by molar-refractivity contribution is 0.0935. The molecule has 0 fully saturated rings. The maximum atomic E-state index is 13.7. The summed E-state index contributed by atoms with van der Waals surface area (Å²) in [6.07, 6.45) is 0. The van der Waals surface area contributed by atoms with Crippen molar-refractivity contribution in [2.75, 3.05) is 0 Å². The van der Waals surface area contributed by atoms with Gasteiger partial charge in [-0.05, 0) is 48.8 Å². The molecule has 6 heteroatoms. The van der Waals surface area contributed by atoms with Crippen molar-refractivity contribution < 1.29 is 9.18 Å². The average molecular weight is 357 g/mol. The second kappa shape index (κ2) is 6.01. The van der Waals surface area contributed by atoms with E-state index in [1.807, 2.05) is 20.8 Å². The molecule has 1 unspecified atom stereocenters. The lowest BCUT2D eigenvalue weighted by atomic mass is 10.1. The van der Waals surface area contributed by atoms with E-state index in [4.69, 9.17) is 0 Å². The number of halogens is 2. The Kier molecular flexibility index (Phi) is 4.55. The molecule has 0 bridgehead atoms. The van der Waals surface area contributed by atoms with E-state index in [1.54, 1.807) is 12.1 Å². The van der Waals surface area contributed by atoms with Crippen molar-refractivity contribution in [1.29, 1.82) is 0 Å². The lowest BCUT2D eigenvalue weighted by Crippen LogP contribution is -2.27. The van der Waals surface area contributed by atoms with E-state index in [9.17, 15) is 9.18 Å². The maximum absolute atomic E-state index is 13.7. The zero-order valence-electron chi connectivity index (χ0n) is 11.3. The highest BCUT2D eigenvalue weighted by Gasteiger charge is 2.20. The number of thiazole rings is 1. The number of nitrogens with one attached hydrogen (secondary N) is 1. The minimum atomic E-state index is -0.540. The summed E-state index contributed by atoms with van der Waals surface area (Å²) in [6.45, 7) is 5.69. The van der Waals surface area contributed by atoms with E-state index >= 15 is 0 Å². The van der Waals surface area contributed by atoms with Gasteiger partial charge in [0.2, 0.25) is 0 Å². The predicted molar refractivity (Wildman–Crippen MR) is 81.6 cm³/mol. The fraction of sp³-hybridized carbons (Fsp3) is 0.286. The fourth-order valence-electron chi connectivity index (χ4n) is 2.00. The van der Waals surface area contributed by atoms with Gasteiger partial charge < -0.3 is 5.32 Å². The summed E-state index contributed by atoms with van der Waals surface area (Å²) in [6, 6.07) is 4.26. The predicted octanol–water partition coefficient (Wildman–Crippen LogP) is 4.15. The second-order valence-corrected chi connectivity index (χ2v) is 6.56. The van der Waals surface area contributed by atoms with Crippen LogP contribution in [0.4, 0.5) is 4.39 Å². The first-order chi connectivity index (χ1) is 9.40. The highest BCUT2D eigenvalue weighted by Crippen LogP contribution is 2.26. The normalized spacial score (nSPS) is 12.2. The molecule has 0 radical (unpaired) electrons. The Morgan fingerprint density at radius 1 is 1.45 bits per heavy atom. The molecule has 2 aromatic rings. The second-order valence-electron chi connectivity index (χ2n) is 4.47. The molecule has 1 aromatic carbocycles. The van der Waals surface area contributed by atoms with Crippen molar-refractivity contribution in [3.05, 3.63) is 49.6 Å². The van der Waals surface area contributed by atoms with Crippen molar-refractivity contribution in [3.63, 3.8) is 0 Å². The number of rotatable bonds is 3. The van der Waals surface area contributed by atoms with Crippen LogP contribution < -0.4 is 5.32 Å². The van der Waals surface area contributed by atoms with Crippen LogP contribution in [-0.2, 0) is 0 Å². The summed E-state index contributed by atoms with van der Waals surface area (Å²) in [5, 5.41) is 3.76. The lowest BCUT2D eigenvalue weighted by Gasteiger charge is -2.14. The summed E-state index contributed by atoms with van der Waals surface area (Å²) in [5.41, 5.74) is 0.922. The van der Waals surface area contributed by atoms with E-state index in [0.29, 0.717) is 4.47 Å². The number of nitrogens with zero attached hydrogens (tertiary/aromatic N) is 1. The molecular weight excluding hydrogens is 343 g/mol. The fourth-order valence-corrected chi connectivity index (χ4v) is 3.45. The van der Waals surface area contributed by atoms with Crippen LogP contribution in [0.15, 0.2) is 22.7 Å². The van der Waals surface area contributed by atoms with Crippen LogP contribution in [-0.4, -0.2) is 10.9 Å². The maximum Gasteiger partial charge on any atom is 0.255 e. The molecule has 1 N–H and O–H groups in total. The number of aromatic nitrogens is 1. The number of carbonyl (C=O) groups excluding carboxylic acids is 1. The van der Waals surface area contributed by atoms with Crippen LogP contribution in [0, 0.1) is 19.7 Å². The third-order valence-electron chi connectivity index (χ3n) is 2.87. The first-order valence-electron chi connectivity index (χ1n) is 6.09. The summed E-state index contributed by atoms with van der Waals surface area (Å²) in [4.78, 5) is 17.5. The Labute approximate surface area is 129 Å². The molecule has 0 spiro atoms. The van der Waals surface area contributed by atoms with Crippen molar-refractivity contribution in [1.82, 2.24) is 10.3 Å². The highest BCUT2D eigenvalue weighted by molar-refractivity contribution is 9.10. The minimum Gasteiger partial charge on any atom is -0.345 e. The standard InChI is InChI=1S/C14H14BrFN2OS/c1-7-13(20-9(3)17-7)8(2)18-14(19)12-10(15)5-4-6-11(12)16/h4-6,8H,1-3H3,(H,18,19). The van der Waals surface area contributed by atoms with Crippen LogP contribution in [0.3, 0.4) is 0 Å². The molecule has 0 saturated carbocycles. The van der Waals surface area contributed by atoms with Gasteiger partial charge in [-0.3, -0.25) is 4.79 Å². The van der Waals surface area contributed by atoms with E-state index in [-0.39, 0.29) is 11.6 Å². The molecule has 106 valence electrons. The van der Waals surface area contributed by atoms with Gasteiger partial charge in [-0.25, -0.2) is 9.37 Å². The molecule has 1 heterocycles. The van der Waals surface area contributed by atoms with E-state index in [1.165, 1.54) is 17.4 Å². The summed E-state index contributed by atoms with van der Waals surface area (Å²) in [7, 11) is 0. The number of aryl methyl sites for hydroxylation is 2. The molecule has 20 heavy (non-hydrogen) atoms. The van der Waals surface area contributed by atoms with Crippen molar-refractivity contribution in [2.45, 2.75) is 26.8 Å². The van der Waals surface area contributed by atoms with Gasteiger partial charge in [-0.2, -0.15) is 0 Å². The van der Waals surface area contributed by atoms with Crippen molar-refractivity contribution in [3.8, 4) is 0 Å². The molecule has 3 nitrogen and oxygen atoms in total. The SMILES string of the molecule is Cc1nc(C)c(C(C)NC(=O)c2c(F)cccc2Br)s1. The van der Waals surface area contributed by atoms with Gasteiger partial charge in [0.15, 0.2) is 0 Å². The van der Waals surface area contributed by atoms with Gasteiger partial charge in [-0.15, -0.1) is 11.3 Å². The number of hydrogen-bond acceptors (Lipinski definition) is 3. The molecule has 2 rings (SSSR count). The van der Waals surface area contributed by atoms with Gasteiger partial charge in [0.25, 0.3) is 5.91 Å². The number of amides is 1. The zero-order chi connectivity index (χ0) is 14.9. The third-order valence-corrected chi connectivity index (χ3v) is 4.79. The summed E-state index contributed by atoms with van der Waals surface area (Å²) >= 11 is 4.74. The molecule has 1 atom stereocenters. The van der Waals surface area contributed by atoms with Crippen LogP contribution >= 0.6 is 27.3 Å². The molecule has 1 amide bonds. The third kappa shape index (κ3) is 3.07. The van der Waals surface area contributed by atoms with E-state index in [0.717, 1.165) is 15.6 Å². The van der Waals surface area contributed by atoms with Crippen LogP contribution in [0.1, 0.15) is 38.9 Å². The van der Waals surface area contributed by atoms with Gasteiger partial charge in [0, 0.05) is 9.35 Å². The Bertz CT molecular complexity index is 636. The molecule has 0 aliphatic heterocycles. The van der Waals surface area contributed by atoms with Gasteiger partial charge in [0.05, 0.1) is 22.3 Å². The first-order valence-corrected chi connectivity index (χ1v) is 7.70. The number of hydrogen-bond donors (Lipinski definition) is 1. The van der Waals surface area contributed by atoms with Gasteiger partial charge >= 0.3 is 0 Å². The van der Waals surface area contributed by atoms with Gasteiger partial charge in [-0.1, -0.05) is 6.07 Å². The monoisotopic (exact) mass is 356 g/mol. The molecule has 0 saturated heterocycles. The largest absolute Gasteiger partial charge is 0.345 e. The van der Waals surface area contributed by atoms with Crippen LogP contribution in [0.25, 0.3) is 0 Å².